The van der Waals surface area contributed by atoms with Crippen LogP contribution >= 0.6 is 23.2 Å². The molecule has 0 bridgehead atoms. The highest BCUT2D eigenvalue weighted by Crippen LogP contribution is 2.26. The van der Waals surface area contributed by atoms with Gasteiger partial charge in [0.1, 0.15) is 10.7 Å². The van der Waals surface area contributed by atoms with Crippen molar-refractivity contribution in [2.75, 3.05) is 4.72 Å². The lowest BCUT2D eigenvalue weighted by Crippen LogP contribution is -2.14. The molecule has 2 aromatic rings. The molecular formula is C11H7Cl2FN2O2S. The molecule has 0 aliphatic rings. The zero-order chi connectivity index (χ0) is 14.0. The van der Waals surface area contributed by atoms with Crippen LogP contribution in [0.4, 0.5) is 10.2 Å². The van der Waals surface area contributed by atoms with E-state index in [0.717, 1.165) is 6.07 Å². The maximum absolute atomic E-state index is 12.9. The second-order valence-electron chi connectivity index (χ2n) is 3.53. The minimum atomic E-state index is -3.98. The van der Waals surface area contributed by atoms with Crippen LogP contribution in [0.2, 0.25) is 10.0 Å². The largest absolute Gasteiger partial charge is 0.264 e. The Morgan fingerprint density at radius 2 is 1.89 bits per heavy atom. The number of pyridine rings is 1. The number of nitrogens with one attached hydrogen (secondary N) is 1. The van der Waals surface area contributed by atoms with E-state index in [-0.39, 0.29) is 20.8 Å². The quantitative estimate of drug-likeness (QED) is 0.882. The number of hydrogen-bond acceptors (Lipinski definition) is 3. The molecule has 0 saturated heterocycles. The predicted octanol–water partition coefficient (Wildman–Crippen LogP) is 3.33. The van der Waals surface area contributed by atoms with Gasteiger partial charge in [0, 0.05) is 5.02 Å². The first-order chi connectivity index (χ1) is 8.88. The van der Waals surface area contributed by atoms with E-state index in [2.05, 4.69) is 9.71 Å². The SMILES string of the molecule is O=S(=O)(Nc1cccc(F)n1)c1cc(Cl)ccc1Cl. The highest BCUT2D eigenvalue weighted by molar-refractivity contribution is 7.92. The molecule has 0 atom stereocenters. The van der Waals surface area contributed by atoms with Gasteiger partial charge in [-0.15, -0.1) is 0 Å². The summed E-state index contributed by atoms with van der Waals surface area (Å²) in [6.45, 7) is 0. The molecule has 1 N–H and O–H groups in total. The van der Waals surface area contributed by atoms with Crippen molar-refractivity contribution >= 4 is 39.0 Å². The lowest BCUT2D eigenvalue weighted by atomic mass is 10.4. The second-order valence-corrected chi connectivity index (χ2v) is 6.02. The molecule has 0 fully saturated rings. The average molecular weight is 321 g/mol. The molecule has 100 valence electrons. The zero-order valence-corrected chi connectivity index (χ0v) is 11.6. The fraction of sp³-hybridized carbons (Fsp3) is 0. The molecular weight excluding hydrogens is 314 g/mol. The topological polar surface area (TPSA) is 59.1 Å². The monoisotopic (exact) mass is 320 g/mol. The normalized spacial score (nSPS) is 11.3. The van der Waals surface area contributed by atoms with E-state index in [0.29, 0.717) is 0 Å². The van der Waals surface area contributed by atoms with Crippen molar-refractivity contribution in [1.82, 2.24) is 4.98 Å². The second kappa shape index (κ2) is 5.32. The number of anilines is 1. The van der Waals surface area contributed by atoms with E-state index in [9.17, 15) is 12.8 Å². The Balaban J connectivity index is 2.40. The Morgan fingerprint density at radius 3 is 2.58 bits per heavy atom. The van der Waals surface area contributed by atoms with Crippen LogP contribution in [0, 0.1) is 5.95 Å². The van der Waals surface area contributed by atoms with Gasteiger partial charge in [-0.3, -0.25) is 4.72 Å². The van der Waals surface area contributed by atoms with Crippen LogP contribution in [0.1, 0.15) is 0 Å². The minimum absolute atomic E-state index is 0.00769. The van der Waals surface area contributed by atoms with E-state index < -0.39 is 16.0 Å². The van der Waals surface area contributed by atoms with Gasteiger partial charge in [-0.2, -0.15) is 4.39 Å². The summed E-state index contributed by atoms with van der Waals surface area (Å²) in [5.74, 6) is -0.937. The third kappa shape index (κ3) is 3.34. The number of sulfonamides is 1. The Morgan fingerprint density at radius 1 is 1.16 bits per heavy atom. The van der Waals surface area contributed by atoms with E-state index in [1.807, 2.05) is 0 Å². The lowest BCUT2D eigenvalue weighted by molar-refractivity contribution is 0.584. The minimum Gasteiger partial charge on any atom is -0.263 e. The van der Waals surface area contributed by atoms with E-state index >= 15 is 0 Å². The molecule has 0 spiro atoms. The van der Waals surface area contributed by atoms with Gasteiger partial charge in [0.2, 0.25) is 5.95 Å². The van der Waals surface area contributed by atoms with Crippen LogP contribution in [-0.2, 0) is 10.0 Å². The maximum Gasteiger partial charge on any atom is 0.264 e. The van der Waals surface area contributed by atoms with E-state index in [1.54, 1.807) is 0 Å². The Bertz CT molecular complexity index is 722. The summed E-state index contributed by atoms with van der Waals surface area (Å²) in [7, 11) is -3.98. The third-order valence-electron chi connectivity index (χ3n) is 2.14. The Labute approximate surface area is 119 Å². The molecule has 8 heteroatoms. The Kier molecular flexibility index (Phi) is 3.93. The molecule has 0 aliphatic heterocycles. The van der Waals surface area contributed by atoms with Crippen LogP contribution in [0.5, 0.6) is 0 Å². The van der Waals surface area contributed by atoms with Crippen molar-refractivity contribution in [3.63, 3.8) is 0 Å². The zero-order valence-electron chi connectivity index (χ0n) is 9.27. The molecule has 0 unspecified atom stereocenters. The van der Waals surface area contributed by atoms with E-state index in [4.69, 9.17) is 23.2 Å². The van der Waals surface area contributed by atoms with Gasteiger partial charge in [-0.05, 0) is 30.3 Å². The molecule has 2 rings (SSSR count). The van der Waals surface area contributed by atoms with Crippen molar-refractivity contribution in [3.8, 4) is 0 Å². The molecule has 19 heavy (non-hydrogen) atoms. The van der Waals surface area contributed by atoms with Crippen molar-refractivity contribution in [2.45, 2.75) is 4.90 Å². The van der Waals surface area contributed by atoms with Crippen LogP contribution in [-0.4, -0.2) is 13.4 Å². The highest BCUT2D eigenvalue weighted by atomic mass is 35.5. The summed E-state index contributed by atoms with van der Waals surface area (Å²) in [6, 6.07) is 7.77. The van der Waals surface area contributed by atoms with Crippen LogP contribution in [0.15, 0.2) is 41.3 Å². The standard InChI is InChI=1S/C11H7Cl2FN2O2S/c12-7-4-5-8(13)9(6-7)19(17,18)16-11-3-1-2-10(14)15-11/h1-6H,(H,15,16). The maximum atomic E-state index is 12.9. The number of halogens is 3. The number of nitrogens with zero attached hydrogens (tertiary/aromatic N) is 1. The van der Waals surface area contributed by atoms with Gasteiger partial charge in [0.05, 0.1) is 5.02 Å². The summed E-state index contributed by atoms with van der Waals surface area (Å²) in [6.07, 6.45) is 0. The van der Waals surface area contributed by atoms with Crippen molar-refractivity contribution in [1.29, 1.82) is 0 Å². The summed E-state index contributed by atoms with van der Waals surface area (Å²) in [5, 5.41) is 0.227. The highest BCUT2D eigenvalue weighted by Gasteiger charge is 2.19. The summed E-state index contributed by atoms with van der Waals surface area (Å²) >= 11 is 11.5. The van der Waals surface area contributed by atoms with Crippen molar-refractivity contribution in [2.24, 2.45) is 0 Å². The van der Waals surface area contributed by atoms with Gasteiger partial charge in [0.25, 0.3) is 10.0 Å². The van der Waals surface area contributed by atoms with Gasteiger partial charge >= 0.3 is 0 Å². The van der Waals surface area contributed by atoms with Gasteiger partial charge in [-0.1, -0.05) is 29.3 Å². The summed E-state index contributed by atoms with van der Waals surface area (Å²) in [4.78, 5) is 3.20. The molecule has 0 aliphatic carbocycles. The third-order valence-corrected chi connectivity index (χ3v) is 4.21. The molecule has 1 aromatic heterocycles. The molecule has 0 amide bonds. The molecule has 0 radical (unpaired) electrons. The molecule has 1 heterocycles. The van der Waals surface area contributed by atoms with Crippen LogP contribution in [0.25, 0.3) is 0 Å². The van der Waals surface area contributed by atoms with Gasteiger partial charge in [0.15, 0.2) is 0 Å². The molecule has 0 saturated carbocycles. The first kappa shape index (κ1) is 14.0. The average Bonchev–Trinajstić information content (AvgIpc) is 2.31. The lowest BCUT2D eigenvalue weighted by Gasteiger charge is -2.09. The van der Waals surface area contributed by atoms with Gasteiger partial charge < -0.3 is 0 Å². The predicted molar refractivity (Wildman–Crippen MR) is 71.5 cm³/mol. The first-order valence-corrected chi connectivity index (χ1v) is 7.23. The number of hydrogen-bond donors (Lipinski definition) is 1. The first-order valence-electron chi connectivity index (χ1n) is 4.99. The van der Waals surface area contributed by atoms with Gasteiger partial charge in [-0.25, -0.2) is 13.4 Å². The smallest absolute Gasteiger partial charge is 0.263 e. The van der Waals surface area contributed by atoms with Crippen molar-refractivity contribution in [3.05, 3.63) is 52.4 Å². The van der Waals surface area contributed by atoms with Crippen LogP contribution < -0.4 is 4.72 Å². The number of benzene rings is 1. The van der Waals surface area contributed by atoms with Crippen LogP contribution in [0.3, 0.4) is 0 Å². The number of rotatable bonds is 3. The van der Waals surface area contributed by atoms with E-state index in [1.165, 1.54) is 30.3 Å². The fourth-order valence-corrected chi connectivity index (χ4v) is 3.11. The summed E-state index contributed by atoms with van der Waals surface area (Å²) in [5.41, 5.74) is 0. The fourth-order valence-electron chi connectivity index (χ4n) is 1.34. The Hall–Kier alpha value is -1.37. The number of aromatic nitrogens is 1. The van der Waals surface area contributed by atoms with Crippen molar-refractivity contribution < 1.29 is 12.8 Å². The molecule has 1 aromatic carbocycles. The molecule has 4 nitrogen and oxygen atoms in total. The summed E-state index contributed by atoms with van der Waals surface area (Å²) < 4.78 is 39.2.